The summed E-state index contributed by atoms with van der Waals surface area (Å²) in [6.45, 7) is 6.33. The number of β-amino-alcohol motifs (C(OH)–C–C–N with tert-alkyl or cyclic N) is 1. The van der Waals surface area contributed by atoms with E-state index < -0.39 is 23.9 Å². The van der Waals surface area contributed by atoms with E-state index >= 15 is 0 Å². The molecule has 1 fully saturated rings. The van der Waals surface area contributed by atoms with Crippen LogP contribution in [-0.2, 0) is 11.0 Å². The van der Waals surface area contributed by atoms with Crippen molar-refractivity contribution in [2.75, 3.05) is 45.9 Å². The molecule has 2 unspecified atom stereocenters. The zero-order valence-corrected chi connectivity index (χ0v) is 21.2. The van der Waals surface area contributed by atoms with E-state index in [1.165, 1.54) is 12.1 Å². The molecule has 2 N–H and O–H groups in total. The monoisotopic (exact) mass is 534 g/mol. The minimum Gasteiger partial charge on any atom is -0.491 e. The number of aryl methyl sites for hydroxylation is 1. The van der Waals surface area contributed by atoms with E-state index in [2.05, 4.69) is 20.3 Å². The molecule has 0 amide bonds. The molecule has 198 valence electrons. The lowest BCUT2D eigenvalue weighted by Crippen LogP contribution is -2.49. The van der Waals surface area contributed by atoms with Gasteiger partial charge in [-0.15, -0.1) is 11.3 Å². The molecule has 2 atom stereocenters. The van der Waals surface area contributed by atoms with Crippen LogP contribution in [0.15, 0.2) is 54.2 Å². The average molecular weight is 535 g/mol. The van der Waals surface area contributed by atoms with Gasteiger partial charge in [-0.2, -0.15) is 13.2 Å². The number of hydroxylamine groups is 1. The Morgan fingerprint density at radius 3 is 2.70 bits per heavy atom. The van der Waals surface area contributed by atoms with Crippen LogP contribution in [0.4, 0.5) is 13.2 Å². The second kappa shape index (κ2) is 11.0. The standard InChI is InChI=1S/C26H29F3N4O3S/c1-17-30-23-13-20(6-7-25(23)37-17)35-16-19(34)15-33-10-8-32(9-11-33)14-18-12-24(36-31-18)21-4-2-3-5-22(21)26(27,28)29/h2-7,12-13,19,24,31,34H,8-11,14-16H2,1H3. The molecule has 3 aromatic rings. The van der Waals surface area contributed by atoms with Crippen molar-refractivity contribution in [2.24, 2.45) is 0 Å². The van der Waals surface area contributed by atoms with Crippen LogP contribution in [0.1, 0.15) is 22.2 Å². The van der Waals surface area contributed by atoms with E-state index in [1.54, 1.807) is 23.5 Å². The molecule has 0 spiro atoms. The number of halogens is 3. The minimum atomic E-state index is -4.43. The number of nitrogens with zero attached hydrogens (tertiary/aromatic N) is 3. The molecule has 0 radical (unpaired) electrons. The van der Waals surface area contributed by atoms with Crippen molar-refractivity contribution in [1.82, 2.24) is 20.3 Å². The fourth-order valence-electron chi connectivity index (χ4n) is 4.66. The first-order valence-corrected chi connectivity index (χ1v) is 13.0. The molecule has 2 aliphatic heterocycles. The summed E-state index contributed by atoms with van der Waals surface area (Å²) in [6.07, 6.45) is -4.13. The third kappa shape index (κ3) is 6.42. The summed E-state index contributed by atoms with van der Waals surface area (Å²) < 4.78 is 47.0. The van der Waals surface area contributed by atoms with Gasteiger partial charge in [-0.3, -0.25) is 20.1 Å². The SMILES string of the molecule is Cc1nc2cc(OCC(O)CN3CCN(CC4=CC(c5ccccc5C(F)(F)F)ON4)CC3)ccc2s1. The third-order valence-electron chi connectivity index (χ3n) is 6.48. The lowest BCUT2D eigenvalue weighted by molar-refractivity contribution is -0.139. The molecule has 1 aromatic heterocycles. The molecular formula is C26H29F3N4O3S. The number of ether oxygens (including phenoxy) is 1. The van der Waals surface area contributed by atoms with Crippen molar-refractivity contribution in [2.45, 2.75) is 25.3 Å². The summed E-state index contributed by atoms with van der Waals surface area (Å²) in [5.74, 6) is 0.692. The van der Waals surface area contributed by atoms with Crippen molar-refractivity contribution in [3.05, 3.63) is 70.4 Å². The number of aromatic nitrogens is 1. The van der Waals surface area contributed by atoms with Crippen molar-refractivity contribution in [3.8, 4) is 5.75 Å². The highest BCUT2D eigenvalue weighted by Crippen LogP contribution is 2.37. The van der Waals surface area contributed by atoms with Crippen LogP contribution in [0, 0.1) is 6.92 Å². The molecule has 5 rings (SSSR count). The van der Waals surface area contributed by atoms with Gasteiger partial charge in [-0.05, 0) is 36.8 Å². The Morgan fingerprint density at radius 2 is 1.92 bits per heavy atom. The van der Waals surface area contributed by atoms with Gasteiger partial charge in [0.25, 0.3) is 0 Å². The number of alkyl halides is 3. The topological polar surface area (TPSA) is 70.1 Å². The summed E-state index contributed by atoms with van der Waals surface area (Å²) in [7, 11) is 0. The molecule has 37 heavy (non-hydrogen) atoms. The van der Waals surface area contributed by atoms with Crippen molar-refractivity contribution in [3.63, 3.8) is 0 Å². The Bertz CT molecular complexity index is 1260. The smallest absolute Gasteiger partial charge is 0.416 e. The first kappa shape index (κ1) is 25.9. The highest BCUT2D eigenvalue weighted by molar-refractivity contribution is 7.18. The van der Waals surface area contributed by atoms with Gasteiger partial charge in [-0.1, -0.05) is 18.2 Å². The highest BCUT2D eigenvalue weighted by atomic mass is 32.1. The third-order valence-corrected chi connectivity index (χ3v) is 7.43. The van der Waals surface area contributed by atoms with Gasteiger partial charge in [0.2, 0.25) is 0 Å². The van der Waals surface area contributed by atoms with E-state index in [1.807, 2.05) is 25.1 Å². The maximum absolute atomic E-state index is 13.4. The van der Waals surface area contributed by atoms with Gasteiger partial charge in [-0.25, -0.2) is 4.98 Å². The van der Waals surface area contributed by atoms with Crippen LogP contribution in [0.5, 0.6) is 5.75 Å². The van der Waals surface area contributed by atoms with Crippen LogP contribution in [0.25, 0.3) is 10.2 Å². The number of hydrogen-bond acceptors (Lipinski definition) is 8. The van der Waals surface area contributed by atoms with Crippen LogP contribution in [0.2, 0.25) is 0 Å². The molecule has 3 heterocycles. The second-order valence-corrected chi connectivity index (χ2v) is 10.6. The minimum absolute atomic E-state index is 0.0974. The Hall–Kier alpha value is -2.70. The van der Waals surface area contributed by atoms with E-state index in [9.17, 15) is 18.3 Å². The molecule has 7 nitrogen and oxygen atoms in total. The Labute approximate surface area is 217 Å². The predicted octanol–water partition coefficient (Wildman–Crippen LogP) is 4.14. The summed E-state index contributed by atoms with van der Waals surface area (Å²) in [4.78, 5) is 14.3. The van der Waals surface area contributed by atoms with Gasteiger partial charge < -0.3 is 9.84 Å². The summed E-state index contributed by atoms with van der Waals surface area (Å²) in [5, 5.41) is 11.5. The first-order valence-electron chi connectivity index (χ1n) is 12.2. The van der Waals surface area contributed by atoms with Crippen molar-refractivity contribution >= 4 is 21.6 Å². The number of piperazine rings is 1. The van der Waals surface area contributed by atoms with Crippen LogP contribution < -0.4 is 10.2 Å². The Morgan fingerprint density at radius 1 is 1.16 bits per heavy atom. The number of aliphatic hydroxyl groups excluding tert-OH is 1. The normalized spacial score (nSPS) is 20.1. The van der Waals surface area contributed by atoms with Crippen LogP contribution in [0.3, 0.4) is 0 Å². The summed E-state index contributed by atoms with van der Waals surface area (Å²) in [6, 6.07) is 11.3. The van der Waals surface area contributed by atoms with E-state index in [0.717, 1.165) is 53.2 Å². The Kier molecular flexibility index (Phi) is 7.68. The van der Waals surface area contributed by atoms with Crippen LogP contribution >= 0.6 is 11.3 Å². The van der Waals surface area contributed by atoms with Gasteiger partial charge in [0.05, 0.1) is 26.5 Å². The zero-order valence-electron chi connectivity index (χ0n) is 20.4. The first-order chi connectivity index (χ1) is 17.7. The molecule has 11 heteroatoms. The molecule has 1 saturated heterocycles. The largest absolute Gasteiger partial charge is 0.491 e. The van der Waals surface area contributed by atoms with E-state index in [-0.39, 0.29) is 12.2 Å². The fourth-order valence-corrected chi connectivity index (χ4v) is 5.47. The maximum atomic E-state index is 13.4. The molecule has 0 saturated carbocycles. The van der Waals surface area contributed by atoms with E-state index in [4.69, 9.17) is 9.57 Å². The number of benzene rings is 2. The van der Waals surface area contributed by atoms with Crippen molar-refractivity contribution in [1.29, 1.82) is 0 Å². The average Bonchev–Trinajstić information content (AvgIpc) is 3.48. The van der Waals surface area contributed by atoms with E-state index in [0.29, 0.717) is 18.8 Å². The Balaban J connectivity index is 1.07. The van der Waals surface area contributed by atoms with Gasteiger partial charge in [0, 0.05) is 45.3 Å². The lowest BCUT2D eigenvalue weighted by Gasteiger charge is -2.35. The van der Waals surface area contributed by atoms with Gasteiger partial charge in [0.1, 0.15) is 24.6 Å². The number of aliphatic hydroxyl groups is 1. The van der Waals surface area contributed by atoms with Gasteiger partial charge in [0.15, 0.2) is 0 Å². The number of rotatable bonds is 8. The number of fused-ring (bicyclic) bond motifs is 1. The zero-order chi connectivity index (χ0) is 26.0. The molecule has 0 bridgehead atoms. The summed E-state index contributed by atoms with van der Waals surface area (Å²) in [5.41, 5.74) is 3.86. The maximum Gasteiger partial charge on any atom is 0.416 e. The molecular weight excluding hydrogens is 505 g/mol. The summed E-state index contributed by atoms with van der Waals surface area (Å²) >= 11 is 1.64. The highest BCUT2D eigenvalue weighted by Gasteiger charge is 2.36. The van der Waals surface area contributed by atoms with Crippen molar-refractivity contribution < 1.29 is 27.9 Å². The molecule has 0 aliphatic carbocycles. The lowest BCUT2D eigenvalue weighted by atomic mass is 10.0. The fraction of sp³-hybridized carbons (Fsp3) is 0.423. The second-order valence-electron chi connectivity index (χ2n) is 9.32. The predicted molar refractivity (Wildman–Crippen MR) is 135 cm³/mol. The number of nitrogens with one attached hydrogen (secondary N) is 1. The number of thiazole rings is 1. The quantitative estimate of drug-likeness (QED) is 0.450. The molecule has 2 aliphatic rings. The number of hydrogen-bond donors (Lipinski definition) is 2. The molecule has 2 aromatic carbocycles. The van der Waals surface area contributed by atoms with Crippen LogP contribution in [-0.4, -0.2) is 71.9 Å². The van der Waals surface area contributed by atoms with Gasteiger partial charge >= 0.3 is 6.18 Å².